The summed E-state index contributed by atoms with van der Waals surface area (Å²) >= 11 is 9.33. The summed E-state index contributed by atoms with van der Waals surface area (Å²) in [5.41, 5.74) is 1.61. The zero-order valence-electron chi connectivity index (χ0n) is 8.10. The number of anilines is 2. The van der Waals surface area contributed by atoms with Crippen molar-refractivity contribution in [3.63, 3.8) is 0 Å². The highest BCUT2D eigenvalue weighted by atomic mass is 79.9. The van der Waals surface area contributed by atoms with E-state index in [1.54, 1.807) is 12.1 Å². The number of halogens is 2. The summed E-state index contributed by atoms with van der Waals surface area (Å²) in [6.07, 6.45) is 0.457. The zero-order chi connectivity index (χ0) is 11.0. The number of benzene rings is 1. The lowest BCUT2D eigenvalue weighted by atomic mass is 10.2. The van der Waals surface area contributed by atoms with Crippen LogP contribution in [-0.2, 0) is 4.79 Å². The summed E-state index contributed by atoms with van der Waals surface area (Å²) in [6, 6.07) is 3.66. The second kappa shape index (κ2) is 4.02. The van der Waals surface area contributed by atoms with E-state index in [1.807, 2.05) is 6.92 Å². The van der Waals surface area contributed by atoms with Crippen molar-refractivity contribution in [2.45, 2.75) is 19.4 Å². The lowest BCUT2D eigenvalue weighted by Gasteiger charge is -2.13. The van der Waals surface area contributed by atoms with Crippen molar-refractivity contribution in [3.05, 3.63) is 21.6 Å². The fraction of sp³-hybridized carbons (Fsp3) is 0.300. The molecule has 2 rings (SSSR count). The van der Waals surface area contributed by atoms with Gasteiger partial charge in [-0.15, -0.1) is 0 Å². The molecule has 1 aromatic rings. The predicted molar refractivity (Wildman–Crippen MR) is 65.5 cm³/mol. The van der Waals surface area contributed by atoms with Gasteiger partial charge in [0.05, 0.1) is 11.4 Å². The van der Waals surface area contributed by atoms with Crippen LogP contribution in [0.4, 0.5) is 11.4 Å². The molecule has 0 bridgehead atoms. The Hall–Kier alpha value is -0.740. The van der Waals surface area contributed by atoms with Crippen molar-refractivity contribution >= 4 is 44.8 Å². The van der Waals surface area contributed by atoms with E-state index in [2.05, 4.69) is 26.6 Å². The first-order valence-electron chi connectivity index (χ1n) is 4.61. The van der Waals surface area contributed by atoms with Crippen LogP contribution in [0.3, 0.4) is 0 Å². The molecule has 1 aliphatic rings. The number of rotatable bonds is 0. The molecule has 5 heteroatoms. The number of hydrogen-bond donors (Lipinski definition) is 2. The van der Waals surface area contributed by atoms with Crippen LogP contribution in [0, 0.1) is 0 Å². The molecule has 1 amide bonds. The molecule has 0 unspecified atom stereocenters. The van der Waals surface area contributed by atoms with Gasteiger partial charge in [-0.1, -0.05) is 11.6 Å². The molecule has 0 saturated heterocycles. The lowest BCUT2D eigenvalue weighted by Crippen LogP contribution is -2.18. The normalized spacial score (nSPS) is 19.9. The minimum absolute atomic E-state index is 0.00270. The smallest absolute Gasteiger partial charge is 0.226 e. The monoisotopic (exact) mass is 288 g/mol. The van der Waals surface area contributed by atoms with Crippen LogP contribution in [0.1, 0.15) is 13.3 Å². The van der Waals surface area contributed by atoms with E-state index >= 15 is 0 Å². The summed E-state index contributed by atoms with van der Waals surface area (Å²) in [7, 11) is 0. The summed E-state index contributed by atoms with van der Waals surface area (Å²) in [5, 5.41) is 6.67. The van der Waals surface area contributed by atoms with Gasteiger partial charge in [0, 0.05) is 22.0 Å². The van der Waals surface area contributed by atoms with Crippen molar-refractivity contribution < 1.29 is 4.79 Å². The van der Waals surface area contributed by atoms with Crippen molar-refractivity contribution in [2.75, 3.05) is 10.6 Å². The topological polar surface area (TPSA) is 41.1 Å². The zero-order valence-corrected chi connectivity index (χ0v) is 10.4. The number of hydrogen-bond acceptors (Lipinski definition) is 2. The maximum absolute atomic E-state index is 11.5. The third-order valence-corrected chi connectivity index (χ3v) is 3.06. The molecule has 0 aliphatic carbocycles. The Morgan fingerprint density at radius 3 is 3.00 bits per heavy atom. The summed E-state index contributed by atoms with van der Waals surface area (Å²) < 4.78 is 0.860. The summed E-state index contributed by atoms with van der Waals surface area (Å²) in [4.78, 5) is 11.5. The fourth-order valence-corrected chi connectivity index (χ4v) is 2.52. The third-order valence-electron chi connectivity index (χ3n) is 2.21. The van der Waals surface area contributed by atoms with Crippen LogP contribution >= 0.6 is 27.5 Å². The number of carbonyl (C=O) groups is 1. The van der Waals surface area contributed by atoms with Gasteiger partial charge in [-0.3, -0.25) is 4.79 Å². The van der Waals surface area contributed by atoms with E-state index in [0.29, 0.717) is 11.4 Å². The van der Waals surface area contributed by atoms with Crippen LogP contribution in [0.5, 0.6) is 0 Å². The van der Waals surface area contributed by atoms with Gasteiger partial charge in [0.1, 0.15) is 0 Å². The molecule has 0 spiro atoms. The van der Waals surface area contributed by atoms with Gasteiger partial charge in [-0.2, -0.15) is 0 Å². The highest BCUT2D eigenvalue weighted by Crippen LogP contribution is 2.36. The Bertz CT molecular complexity index is 422. The highest BCUT2D eigenvalue weighted by Gasteiger charge is 2.19. The van der Waals surface area contributed by atoms with Crippen molar-refractivity contribution in [1.82, 2.24) is 0 Å². The average molecular weight is 290 g/mol. The van der Waals surface area contributed by atoms with Crippen LogP contribution in [0.15, 0.2) is 16.6 Å². The van der Waals surface area contributed by atoms with Crippen LogP contribution in [-0.4, -0.2) is 11.9 Å². The van der Waals surface area contributed by atoms with E-state index in [-0.39, 0.29) is 11.9 Å². The number of nitrogens with one attached hydrogen (secondary N) is 2. The Kier molecular flexibility index (Phi) is 2.89. The number of fused-ring (bicyclic) bond motifs is 1. The Morgan fingerprint density at radius 1 is 1.53 bits per heavy atom. The molecular formula is C10H10BrClN2O. The molecule has 15 heavy (non-hydrogen) atoms. The molecule has 1 aliphatic heterocycles. The van der Waals surface area contributed by atoms with Gasteiger partial charge < -0.3 is 10.6 Å². The van der Waals surface area contributed by atoms with Crippen LogP contribution in [0.25, 0.3) is 0 Å². The van der Waals surface area contributed by atoms with Gasteiger partial charge in [0.25, 0.3) is 0 Å². The van der Waals surface area contributed by atoms with Gasteiger partial charge in [-0.05, 0) is 35.0 Å². The third kappa shape index (κ3) is 2.26. The van der Waals surface area contributed by atoms with Gasteiger partial charge in [0.2, 0.25) is 5.91 Å². The first kappa shape index (κ1) is 10.8. The maximum atomic E-state index is 11.5. The molecule has 0 saturated carbocycles. The highest BCUT2D eigenvalue weighted by molar-refractivity contribution is 9.10. The Balaban J connectivity index is 2.50. The first-order chi connectivity index (χ1) is 7.06. The standard InChI is InChI=1S/C10H10BrClN2O/c1-5-2-9(15)14-8-4-6(12)3-7(11)10(8)13-5/h3-5,13H,2H2,1H3,(H,14,15)/t5-/m1/s1. The van der Waals surface area contributed by atoms with Crippen LogP contribution in [0.2, 0.25) is 5.02 Å². The second-order valence-corrected chi connectivity index (χ2v) is 4.90. The molecule has 3 nitrogen and oxygen atoms in total. The van der Waals surface area contributed by atoms with E-state index in [0.717, 1.165) is 15.8 Å². The maximum Gasteiger partial charge on any atom is 0.226 e. The fourth-order valence-electron chi connectivity index (χ4n) is 1.60. The van der Waals surface area contributed by atoms with Gasteiger partial charge in [0.15, 0.2) is 0 Å². The minimum Gasteiger partial charge on any atom is -0.379 e. The van der Waals surface area contributed by atoms with Gasteiger partial charge >= 0.3 is 0 Å². The molecule has 1 atom stereocenters. The predicted octanol–water partition coefficient (Wildman–Crippen LogP) is 3.25. The van der Waals surface area contributed by atoms with Crippen molar-refractivity contribution in [1.29, 1.82) is 0 Å². The summed E-state index contributed by atoms with van der Waals surface area (Å²) in [5.74, 6) is 0.00270. The quantitative estimate of drug-likeness (QED) is 0.770. The van der Waals surface area contributed by atoms with Crippen molar-refractivity contribution in [2.24, 2.45) is 0 Å². The molecule has 2 N–H and O–H groups in total. The summed E-state index contributed by atoms with van der Waals surface area (Å²) in [6.45, 7) is 1.97. The minimum atomic E-state index is 0.00270. The first-order valence-corrected chi connectivity index (χ1v) is 5.79. The molecule has 1 heterocycles. The number of carbonyl (C=O) groups excluding carboxylic acids is 1. The van der Waals surface area contributed by atoms with Crippen molar-refractivity contribution in [3.8, 4) is 0 Å². The SMILES string of the molecule is C[C@@H]1CC(=O)Nc2cc(Cl)cc(Br)c2N1. The Labute approximate surface area is 101 Å². The van der Waals surface area contributed by atoms with E-state index in [9.17, 15) is 4.79 Å². The molecule has 0 fully saturated rings. The molecule has 80 valence electrons. The van der Waals surface area contributed by atoms with E-state index in [4.69, 9.17) is 11.6 Å². The number of amides is 1. The van der Waals surface area contributed by atoms with Gasteiger partial charge in [-0.25, -0.2) is 0 Å². The second-order valence-electron chi connectivity index (χ2n) is 3.61. The van der Waals surface area contributed by atoms with E-state index in [1.165, 1.54) is 0 Å². The van der Waals surface area contributed by atoms with Crippen LogP contribution < -0.4 is 10.6 Å². The average Bonchev–Trinajstić information content (AvgIpc) is 2.22. The lowest BCUT2D eigenvalue weighted by molar-refractivity contribution is -0.116. The molecule has 0 radical (unpaired) electrons. The van der Waals surface area contributed by atoms with E-state index < -0.39 is 0 Å². The Morgan fingerprint density at radius 2 is 2.27 bits per heavy atom. The molecule has 1 aromatic carbocycles. The largest absolute Gasteiger partial charge is 0.379 e. The molecule has 0 aromatic heterocycles. The molecular weight excluding hydrogens is 279 g/mol.